The van der Waals surface area contributed by atoms with Gasteiger partial charge in [0.2, 0.25) is 0 Å². The van der Waals surface area contributed by atoms with Crippen molar-refractivity contribution < 1.29 is 4.79 Å². The molecule has 0 spiro atoms. The number of carbonyl (C=O) groups excluding carboxylic acids is 1. The van der Waals surface area contributed by atoms with Gasteiger partial charge in [0.25, 0.3) is 5.91 Å². The van der Waals surface area contributed by atoms with Crippen molar-refractivity contribution in [1.29, 1.82) is 0 Å². The van der Waals surface area contributed by atoms with Gasteiger partial charge in [-0.2, -0.15) is 0 Å². The molecule has 2 aromatic rings. The van der Waals surface area contributed by atoms with E-state index in [-0.39, 0.29) is 5.91 Å². The molecule has 4 rings (SSSR count). The summed E-state index contributed by atoms with van der Waals surface area (Å²) in [4.78, 5) is 28.3. The van der Waals surface area contributed by atoms with E-state index in [1.54, 1.807) is 12.4 Å². The lowest BCUT2D eigenvalue weighted by Gasteiger charge is -2.34. The summed E-state index contributed by atoms with van der Waals surface area (Å²) in [7, 11) is 2.15. The minimum atomic E-state index is -0.229. The number of nitrogens with one attached hydrogen (secondary N) is 1. The Morgan fingerprint density at radius 3 is 2.14 bits per heavy atom. The van der Waals surface area contributed by atoms with Crippen molar-refractivity contribution in [2.45, 2.75) is 25.7 Å². The van der Waals surface area contributed by atoms with Crippen LogP contribution in [0.4, 0.5) is 17.2 Å². The molecular formula is C22H30N6O. The van der Waals surface area contributed by atoms with Gasteiger partial charge in [0.05, 0.1) is 12.4 Å². The zero-order valence-corrected chi connectivity index (χ0v) is 17.2. The van der Waals surface area contributed by atoms with Crippen molar-refractivity contribution in [3.05, 3.63) is 42.4 Å². The Bertz CT molecular complexity index is 791. The molecule has 2 fully saturated rings. The number of likely N-dealkylation sites (N-methyl/N-ethyl adjacent to an activating group) is 1. The third-order valence-electron chi connectivity index (χ3n) is 5.79. The van der Waals surface area contributed by atoms with E-state index in [4.69, 9.17) is 0 Å². The molecule has 1 amide bonds. The zero-order valence-electron chi connectivity index (χ0n) is 17.2. The van der Waals surface area contributed by atoms with Gasteiger partial charge in [-0.3, -0.25) is 4.79 Å². The summed E-state index contributed by atoms with van der Waals surface area (Å²) in [6.07, 6.45) is 8.23. The Labute approximate surface area is 172 Å². The predicted octanol–water partition coefficient (Wildman–Crippen LogP) is 2.86. The van der Waals surface area contributed by atoms with E-state index < -0.39 is 0 Å². The average Bonchev–Trinajstić information content (AvgIpc) is 3.05. The fraction of sp³-hybridized carbons (Fsp3) is 0.500. The number of rotatable bonds is 4. The first-order valence-corrected chi connectivity index (χ1v) is 10.6. The predicted molar refractivity (Wildman–Crippen MR) is 117 cm³/mol. The second kappa shape index (κ2) is 9.22. The molecule has 1 aromatic carbocycles. The van der Waals surface area contributed by atoms with Gasteiger partial charge >= 0.3 is 0 Å². The maximum Gasteiger partial charge on any atom is 0.275 e. The lowest BCUT2D eigenvalue weighted by Crippen LogP contribution is -2.44. The van der Waals surface area contributed by atoms with Gasteiger partial charge < -0.3 is 20.0 Å². The van der Waals surface area contributed by atoms with Gasteiger partial charge in [-0.05, 0) is 44.2 Å². The van der Waals surface area contributed by atoms with E-state index >= 15 is 0 Å². The van der Waals surface area contributed by atoms with Crippen LogP contribution in [-0.4, -0.2) is 67.1 Å². The fourth-order valence-electron chi connectivity index (χ4n) is 3.92. The van der Waals surface area contributed by atoms with Crippen LogP contribution in [0.3, 0.4) is 0 Å². The molecule has 7 nitrogen and oxygen atoms in total. The number of carbonyl (C=O) groups is 1. The molecule has 0 bridgehead atoms. The van der Waals surface area contributed by atoms with E-state index in [0.29, 0.717) is 5.69 Å². The van der Waals surface area contributed by atoms with Crippen molar-refractivity contribution in [3.63, 3.8) is 0 Å². The van der Waals surface area contributed by atoms with Crippen molar-refractivity contribution in [2.75, 3.05) is 61.4 Å². The highest BCUT2D eigenvalue weighted by Gasteiger charge is 2.16. The Morgan fingerprint density at radius 2 is 1.52 bits per heavy atom. The van der Waals surface area contributed by atoms with E-state index in [1.807, 2.05) is 12.1 Å². The van der Waals surface area contributed by atoms with Crippen LogP contribution in [0.5, 0.6) is 0 Å². The number of amides is 1. The van der Waals surface area contributed by atoms with Gasteiger partial charge in [0, 0.05) is 50.6 Å². The van der Waals surface area contributed by atoms with Crippen molar-refractivity contribution in [3.8, 4) is 0 Å². The molecule has 0 aliphatic carbocycles. The molecule has 1 N–H and O–H groups in total. The first-order chi connectivity index (χ1) is 14.2. The number of piperazine rings is 1. The molecule has 0 unspecified atom stereocenters. The molecule has 29 heavy (non-hydrogen) atoms. The number of anilines is 3. The van der Waals surface area contributed by atoms with Crippen molar-refractivity contribution in [2.24, 2.45) is 0 Å². The quantitative estimate of drug-likeness (QED) is 0.860. The van der Waals surface area contributed by atoms with Crippen LogP contribution in [-0.2, 0) is 0 Å². The van der Waals surface area contributed by atoms with Gasteiger partial charge in [-0.15, -0.1) is 0 Å². The van der Waals surface area contributed by atoms with Crippen LogP contribution in [0.1, 0.15) is 36.2 Å². The first kappa shape index (κ1) is 19.6. The van der Waals surface area contributed by atoms with Crippen LogP contribution >= 0.6 is 0 Å². The first-order valence-electron chi connectivity index (χ1n) is 10.6. The summed E-state index contributed by atoms with van der Waals surface area (Å²) in [5.41, 5.74) is 2.30. The summed E-state index contributed by atoms with van der Waals surface area (Å²) < 4.78 is 0. The highest BCUT2D eigenvalue weighted by atomic mass is 16.1. The number of nitrogens with zero attached hydrogens (tertiary/aromatic N) is 5. The highest BCUT2D eigenvalue weighted by Crippen LogP contribution is 2.20. The second-order valence-electron chi connectivity index (χ2n) is 7.95. The summed E-state index contributed by atoms with van der Waals surface area (Å²) in [6, 6.07) is 8.03. The lowest BCUT2D eigenvalue weighted by molar-refractivity contribution is 0.102. The standard InChI is InChI=1S/C22H30N6O/c1-26-12-14-27(15-13-26)19-8-6-18(7-9-19)25-22(29)20-16-24-21(17-23-20)28-10-4-2-3-5-11-28/h6-9,16-17H,2-5,10-15H2,1H3,(H,25,29). The van der Waals surface area contributed by atoms with Gasteiger partial charge in [0.15, 0.2) is 0 Å². The topological polar surface area (TPSA) is 64.6 Å². The summed E-state index contributed by atoms with van der Waals surface area (Å²) in [6.45, 7) is 6.23. The lowest BCUT2D eigenvalue weighted by atomic mass is 10.2. The molecule has 2 aliphatic rings. The van der Waals surface area contributed by atoms with Crippen LogP contribution in [0.2, 0.25) is 0 Å². The average molecular weight is 395 g/mol. The number of aromatic nitrogens is 2. The van der Waals surface area contributed by atoms with E-state index in [2.05, 4.69) is 49.2 Å². The number of hydrogen-bond donors (Lipinski definition) is 1. The largest absolute Gasteiger partial charge is 0.369 e. The maximum atomic E-state index is 12.5. The van der Waals surface area contributed by atoms with Gasteiger partial charge in [0.1, 0.15) is 11.5 Å². The molecule has 1 aromatic heterocycles. The highest BCUT2D eigenvalue weighted by molar-refractivity contribution is 6.02. The molecule has 0 saturated carbocycles. The van der Waals surface area contributed by atoms with Crippen LogP contribution < -0.4 is 15.1 Å². The Kier molecular flexibility index (Phi) is 6.24. The summed E-state index contributed by atoms with van der Waals surface area (Å²) in [5.74, 6) is 0.632. The molecule has 7 heteroatoms. The van der Waals surface area contributed by atoms with Gasteiger partial charge in [-0.1, -0.05) is 12.8 Å². The maximum absolute atomic E-state index is 12.5. The molecule has 3 heterocycles. The normalized spacial score (nSPS) is 18.4. The van der Waals surface area contributed by atoms with Crippen LogP contribution in [0.25, 0.3) is 0 Å². The SMILES string of the molecule is CN1CCN(c2ccc(NC(=O)c3cnc(N4CCCCCC4)cn3)cc2)CC1. The fourth-order valence-corrected chi connectivity index (χ4v) is 3.92. The second-order valence-corrected chi connectivity index (χ2v) is 7.95. The minimum absolute atomic E-state index is 0.229. The number of benzene rings is 1. The van der Waals surface area contributed by atoms with E-state index in [0.717, 1.165) is 50.8 Å². The van der Waals surface area contributed by atoms with E-state index in [9.17, 15) is 4.79 Å². The summed E-state index contributed by atoms with van der Waals surface area (Å²) in [5, 5.41) is 2.92. The van der Waals surface area contributed by atoms with Crippen molar-refractivity contribution >= 4 is 23.1 Å². The Balaban J connectivity index is 1.35. The molecular weight excluding hydrogens is 364 g/mol. The Hall–Kier alpha value is -2.67. The number of hydrogen-bond acceptors (Lipinski definition) is 6. The Morgan fingerprint density at radius 1 is 0.828 bits per heavy atom. The molecule has 2 aliphatic heterocycles. The van der Waals surface area contributed by atoms with Crippen molar-refractivity contribution in [1.82, 2.24) is 14.9 Å². The smallest absolute Gasteiger partial charge is 0.275 e. The minimum Gasteiger partial charge on any atom is -0.369 e. The third-order valence-corrected chi connectivity index (χ3v) is 5.79. The zero-order chi connectivity index (χ0) is 20.1. The van der Waals surface area contributed by atoms with E-state index in [1.165, 1.54) is 31.4 Å². The summed E-state index contributed by atoms with van der Waals surface area (Å²) >= 11 is 0. The van der Waals surface area contributed by atoms with Gasteiger partial charge in [-0.25, -0.2) is 9.97 Å². The van der Waals surface area contributed by atoms with Crippen LogP contribution in [0, 0.1) is 0 Å². The molecule has 2 saturated heterocycles. The molecule has 0 atom stereocenters. The van der Waals surface area contributed by atoms with Crippen LogP contribution in [0.15, 0.2) is 36.7 Å². The molecule has 154 valence electrons. The third kappa shape index (κ3) is 5.03. The molecule has 0 radical (unpaired) electrons. The monoisotopic (exact) mass is 394 g/mol.